The molecule has 0 aromatic carbocycles. The molecule has 0 saturated carbocycles. The van der Waals surface area contributed by atoms with Crippen molar-refractivity contribution in [1.82, 2.24) is 29.1 Å². The van der Waals surface area contributed by atoms with Gasteiger partial charge in [0.15, 0.2) is 12.5 Å². The lowest BCUT2D eigenvalue weighted by atomic mass is 9.96. The molecule has 20 heteroatoms. The number of anilines is 2. The molecule has 19 nitrogen and oxygen atoms in total. The summed E-state index contributed by atoms with van der Waals surface area (Å²) in [6.45, 7) is 2.42. The van der Waals surface area contributed by atoms with Gasteiger partial charge in [-0.1, -0.05) is 0 Å². The molecule has 2 aliphatic heterocycles. The fraction of sp³-hybridized carbons (Fsp3) is 0.500. The van der Waals surface area contributed by atoms with Gasteiger partial charge in [-0.05, 0) is 26.0 Å². The van der Waals surface area contributed by atoms with E-state index in [1.807, 2.05) is 0 Å². The molecular weight excluding hydrogens is 607 g/mol. The van der Waals surface area contributed by atoms with Crippen molar-refractivity contribution in [2.24, 2.45) is 0 Å². The van der Waals surface area contributed by atoms with E-state index in [0.717, 1.165) is 0 Å². The normalized spacial score (nSPS) is 32.7. The Morgan fingerprint density at radius 2 is 1.36 bits per heavy atom. The number of nitrogen functional groups attached to an aromatic ring is 2. The van der Waals surface area contributed by atoms with Crippen LogP contribution >= 0.6 is 8.38 Å². The van der Waals surface area contributed by atoms with E-state index in [9.17, 15) is 30.4 Å². The summed E-state index contributed by atoms with van der Waals surface area (Å²) in [6, 6.07) is 3.36. The van der Waals surface area contributed by atoms with Gasteiger partial charge < -0.3 is 65.6 Å². The summed E-state index contributed by atoms with van der Waals surface area (Å²) < 4.78 is 18.6. The molecule has 4 aromatic rings. The van der Waals surface area contributed by atoms with E-state index < -0.39 is 63.0 Å². The van der Waals surface area contributed by atoms with Crippen LogP contribution in [0.3, 0.4) is 0 Å². The van der Waals surface area contributed by atoms with Gasteiger partial charge in [0.25, 0.3) is 0 Å². The first kappa shape index (κ1) is 32.2. The average Bonchev–Trinajstić information content (AvgIpc) is 3.72. The molecule has 2 saturated heterocycles. The van der Waals surface area contributed by atoms with Gasteiger partial charge in [-0.3, -0.25) is 0 Å². The Morgan fingerprint density at radius 1 is 0.864 bits per heavy atom. The number of hydrogen-bond acceptors (Lipinski definition) is 17. The molecule has 4 aromatic heterocycles. The van der Waals surface area contributed by atoms with Gasteiger partial charge in [0.05, 0.1) is 17.4 Å². The monoisotopic (exact) mass is 640 g/mol. The van der Waals surface area contributed by atoms with Gasteiger partial charge in [0.2, 0.25) is 14.7 Å². The Kier molecular flexibility index (Phi) is 9.02. The predicted molar refractivity (Wildman–Crippen MR) is 150 cm³/mol. The smallest absolute Gasteiger partial charge is 0.232 e. The van der Waals surface area contributed by atoms with Crippen LogP contribution in [-0.4, -0.2) is 113 Å². The second-order valence-electron chi connectivity index (χ2n) is 10.5. The maximum Gasteiger partial charge on any atom is 0.232 e. The minimum atomic E-state index is -2.22. The molecule has 2 aliphatic rings. The number of ether oxygens (including phenoxy) is 2. The van der Waals surface area contributed by atoms with Gasteiger partial charge in [0.1, 0.15) is 71.4 Å². The van der Waals surface area contributed by atoms with Gasteiger partial charge >= 0.3 is 0 Å². The van der Waals surface area contributed by atoms with Crippen molar-refractivity contribution in [3.63, 3.8) is 0 Å². The van der Waals surface area contributed by atoms with E-state index in [1.54, 1.807) is 29.1 Å². The van der Waals surface area contributed by atoms with Gasteiger partial charge in [0, 0.05) is 12.4 Å². The zero-order chi connectivity index (χ0) is 32.0. The first-order valence-corrected chi connectivity index (χ1v) is 14.5. The SMILES string of the molecule is C[C@@]1(O)C(O)[C@@H](CO)O[C@H]1n1ccc2c(N)ncnc21.C[C@@]1(O)C(O)[C@@H](OOP(O)CO)O[C@H]1n1ccc2c(N)ncnc21. The number of aromatic nitrogens is 6. The number of rotatable bonds is 7. The third-order valence-electron chi connectivity index (χ3n) is 7.48. The van der Waals surface area contributed by atoms with Crippen molar-refractivity contribution >= 4 is 42.1 Å². The highest BCUT2D eigenvalue weighted by atomic mass is 31.2. The fourth-order valence-electron chi connectivity index (χ4n) is 5.05. The highest BCUT2D eigenvalue weighted by Crippen LogP contribution is 2.42. The van der Waals surface area contributed by atoms with E-state index >= 15 is 0 Å². The van der Waals surface area contributed by atoms with Crippen LogP contribution < -0.4 is 11.5 Å². The molecule has 240 valence electrons. The molecule has 6 rings (SSSR count). The summed E-state index contributed by atoms with van der Waals surface area (Å²) in [5.41, 5.74) is 9.12. The van der Waals surface area contributed by atoms with Gasteiger partial charge in [-0.2, -0.15) is 9.56 Å². The molecule has 0 bridgehead atoms. The lowest BCUT2D eigenvalue weighted by molar-refractivity contribution is -0.332. The van der Waals surface area contributed by atoms with Crippen molar-refractivity contribution < 1.29 is 54.6 Å². The predicted octanol–water partition coefficient (Wildman–Crippen LogP) is -1.80. The van der Waals surface area contributed by atoms with Crippen LogP contribution in [0, 0.1) is 0 Å². The Hall–Kier alpha value is -3.17. The van der Waals surface area contributed by atoms with E-state index in [-0.39, 0.29) is 12.4 Å². The molecule has 6 heterocycles. The topological polar surface area (TPSA) is 292 Å². The average molecular weight is 641 g/mol. The number of hydrogen-bond donors (Lipinski definition) is 9. The first-order chi connectivity index (χ1) is 20.8. The maximum atomic E-state index is 10.6. The first-order valence-electron chi connectivity index (χ1n) is 13.1. The van der Waals surface area contributed by atoms with Crippen molar-refractivity contribution in [3.05, 3.63) is 37.2 Å². The highest BCUT2D eigenvalue weighted by molar-refractivity contribution is 7.45. The van der Waals surface area contributed by atoms with E-state index in [1.165, 1.54) is 31.1 Å². The van der Waals surface area contributed by atoms with Gasteiger partial charge in [-0.25, -0.2) is 19.9 Å². The maximum absolute atomic E-state index is 10.6. The largest absolute Gasteiger partial charge is 0.394 e. The summed E-state index contributed by atoms with van der Waals surface area (Å²) in [5, 5.41) is 60.4. The Labute approximate surface area is 249 Å². The van der Waals surface area contributed by atoms with Crippen molar-refractivity contribution in [1.29, 1.82) is 0 Å². The van der Waals surface area contributed by atoms with Crippen LogP contribution in [0.5, 0.6) is 0 Å². The zero-order valence-electron chi connectivity index (χ0n) is 23.4. The third kappa shape index (κ3) is 5.58. The van der Waals surface area contributed by atoms with E-state index in [4.69, 9.17) is 30.9 Å². The molecule has 2 fully saturated rings. The van der Waals surface area contributed by atoms with Crippen LogP contribution in [0.2, 0.25) is 0 Å². The Balaban J connectivity index is 0.000000177. The molecule has 9 atom stereocenters. The van der Waals surface area contributed by atoms with Crippen LogP contribution in [0.25, 0.3) is 22.1 Å². The second-order valence-corrected chi connectivity index (χ2v) is 11.6. The molecule has 0 aliphatic carbocycles. The number of fused-ring (bicyclic) bond motifs is 2. The summed E-state index contributed by atoms with van der Waals surface area (Å²) in [4.78, 5) is 30.0. The van der Waals surface area contributed by atoms with Crippen molar-refractivity contribution in [2.75, 3.05) is 24.4 Å². The lowest BCUT2D eigenvalue weighted by Crippen LogP contribution is -2.44. The van der Waals surface area contributed by atoms with Crippen LogP contribution in [-0.2, 0) is 19.0 Å². The quantitative estimate of drug-likeness (QED) is 0.0611. The Bertz CT molecular complexity index is 1600. The minimum Gasteiger partial charge on any atom is -0.394 e. The van der Waals surface area contributed by atoms with Crippen LogP contribution in [0.15, 0.2) is 37.2 Å². The number of nitrogens with zero attached hydrogens (tertiary/aromatic N) is 6. The van der Waals surface area contributed by atoms with Crippen LogP contribution in [0.1, 0.15) is 26.3 Å². The van der Waals surface area contributed by atoms with E-state index in [2.05, 4.69) is 24.6 Å². The molecule has 44 heavy (non-hydrogen) atoms. The lowest BCUT2D eigenvalue weighted by Gasteiger charge is -2.27. The standard InChI is InChI=1S/C12H17N4O7P.C12H16N4O4/c1-12(19)7(18)10(22-23-24(20)5-17)21-11(12)16-3-2-6-8(13)14-4-15-9(6)16;1-12(19)8(18)7(4-17)20-11(12)16-3-2-6-9(13)14-5-15-10(6)16/h2-4,7,10-11,17-20H,5H2,1H3,(H2,13,14,15);2-3,5,7-8,11,17-19H,4H2,1H3,(H2,13,14,15)/t7?,10-,11-,12-,24?;7-,8?,11-,12-/m11/s1. The number of aliphatic hydroxyl groups excluding tert-OH is 4. The summed E-state index contributed by atoms with van der Waals surface area (Å²) in [6.07, 6.45) is -1.68. The van der Waals surface area contributed by atoms with Crippen molar-refractivity contribution in [3.8, 4) is 0 Å². The molecule has 0 radical (unpaired) electrons. The van der Waals surface area contributed by atoms with Crippen molar-refractivity contribution in [2.45, 2.75) is 62.1 Å². The molecular formula is C24H33N8O11P. The number of nitrogens with two attached hydrogens (primary N) is 2. The molecule has 0 amide bonds. The molecule has 0 spiro atoms. The molecule has 3 unspecified atom stereocenters. The third-order valence-corrected chi connectivity index (χ3v) is 7.98. The minimum absolute atomic E-state index is 0.266. The second kappa shape index (κ2) is 12.3. The molecule has 11 N–H and O–H groups in total. The summed E-state index contributed by atoms with van der Waals surface area (Å²) in [7, 11) is -2.22. The Morgan fingerprint density at radius 3 is 1.84 bits per heavy atom. The summed E-state index contributed by atoms with van der Waals surface area (Å²) >= 11 is 0. The van der Waals surface area contributed by atoms with E-state index in [0.29, 0.717) is 27.9 Å². The fourth-order valence-corrected chi connectivity index (χ4v) is 5.28. The zero-order valence-corrected chi connectivity index (χ0v) is 24.3. The van der Waals surface area contributed by atoms with Gasteiger partial charge in [-0.15, -0.1) is 0 Å². The highest BCUT2D eigenvalue weighted by Gasteiger charge is 2.55. The number of aliphatic hydroxyl groups is 6. The van der Waals surface area contributed by atoms with Crippen LogP contribution in [0.4, 0.5) is 11.6 Å². The summed E-state index contributed by atoms with van der Waals surface area (Å²) in [5.74, 6) is 0.590.